The largest absolute Gasteiger partial charge is 0.293 e. The van der Waals surface area contributed by atoms with E-state index >= 15 is 0 Å². The Balaban J connectivity index is 0.000000271. The summed E-state index contributed by atoms with van der Waals surface area (Å²) in [6, 6.07) is 6.86. The summed E-state index contributed by atoms with van der Waals surface area (Å²) in [4.78, 5) is 22.3. The summed E-state index contributed by atoms with van der Waals surface area (Å²) in [7, 11) is 0. The molecule has 0 aliphatic carbocycles. The highest BCUT2D eigenvalue weighted by Crippen LogP contribution is 2.01. The molecule has 0 N–H and O–H groups in total. The van der Waals surface area contributed by atoms with Crippen molar-refractivity contribution in [1.82, 2.24) is 0 Å². The van der Waals surface area contributed by atoms with Crippen LogP contribution in [0.4, 0.5) is 0 Å². The molecule has 2 aromatic rings. The molecule has 0 atom stereocenters. The fourth-order valence-corrected chi connectivity index (χ4v) is 1.76. The summed E-state index contributed by atoms with van der Waals surface area (Å²) in [5.41, 5.74) is 0.497. The van der Waals surface area contributed by atoms with Crippen molar-refractivity contribution in [2.75, 3.05) is 10.7 Å². The van der Waals surface area contributed by atoms with Gasteiger partial charge in [0.05, 0.1) is 17.5 Å². The van der Waals surface area contributed by atoms with Gasteiger partial charge in [0.1, 0.15) is 0 Å². The fourth-order valence-electron chi connectivity index (χ4n) is 1.16. The van der Waals surface area contributed by atoms with Crippen LogP contribution < -0.4 is 0 Å². The van der Waals surface area contributed by atoms with Crippen molar-refractivity contribution >= 4 is 43.4 Å². The lowest BCUT2D eigenvalue weighted by Crippen LogP contribution is -1.98. The Labute approximate surface area is 142 Å². The molecule has 2 nitrogen and oxygen atoms in total. The Hall–Kier alpha value is -1.26. The van der Waals surface area contributed by atoms with Gasteiger partial charge in [-0.1, -0.05) is 92.4 Å². The van der Waals surface area contributed by atoms with E-state index in [4.69, 9.17) is 6.85 Å². The van der Waals surface area contributed by atoms with Crippen LogP contribution in [0.1, 0.15) is 27.6 Å². The molecule has 0 amide bonds. The molecular weight excluding hydrogens is 384 g/mol. The van der Waals surface area contributed by atoms with Crippen molar-refractivity contribution in [2.24, 2.45) is 0 Å². The van der Waals surface area contributed by atoms with Gasteiger partial charge in [0.2, 0.25) is 0 Å². The minimum Gasteiger partial charge on any atom is -0.293 e. The predicted octanol–water partition coefficient (Wildman–Crippen LogP) is 4.53. The zero-order valence-electron chi connectivity index (χ0n) is 15.4. The van der Waals surface area contributed by atoms with Gasteiger partial charge in [-0.05, 0) is 0 Å². The van der Waals surface area contributed by atoms with E-state index in [1.807, 2.05) is 30.3 Å². The number of hydrogen-bond acceptors (Lipinski definition) is 2. The van der Waals surface area contributed by atoms with Gasteiger partial charge in [-0.2, -0.15) is 0 Å². The van der Waals surface area contributed by atoms with Crippen molar-refractivity contribution in [2.45, 2.75) is 0 Å². The Morgan fingerprint density at radius 2 is 1.35 bits per heavy atom. The van der Waals surface area contributed by atoms with Crippen LogP contribution in [0.3, 0.4) is 0 Å². The number of benzene rings is 2. The highest BCUT2D eigenvalue weighted by Gasteiger charge is 2.00. The molecule has 0 saturated carbocycles. The zero-order valence-corrected chi connectivity index (χ0v) is 13.5. The van der Waals surface area contributed by atoms with Gasteiger partial charge in [0, 0.05) is 11.1 Å². The van der Waals surface area contributed by atoms with Gasteiger partial charge in [-0.15, -0.1) is 0 Å². The van der Waals surface area contributed by atoms with Gasteiger partial charge in [-0.25, -0.2) is 0 Å². The van der Waals surface area contributed by atoms with Crippen LogP contribution >= 0.6 is 31.9 Å². The summed E-state index contributed by atoms with van der Waals surface area (Å²) in [5.74, 6) is -0.396. The van der Waals surface area contributed by atoms with Gasteiger partial charge in [0.15, 0.2) is 11.6 Å². The topological polar surface area (TPSA) is 34.1 Å². The van der Waals surface area contributed by atoms with E-state index in [-0.39, 0.29) is 16.7 Å². The smallest absolute Gasteiger partial charge is 0.173 e. The molecule has 104 valence electrons. The van der Waals surface area contributed by atoms with E-state index in [0.717, 1.165) is 5.56 Å². The van der Waals surface area contributed by atoms with Crippen molar-refractivity contribution in [3.63, 3.8) is 0 Å². The molecule has 20 heavy (non-hydrogen) atoms. The van der Waals surface area contributed by atoms with Gasteiger partial charge >= 0.3 is 0 Å². The maximum absolute atomic E-state index is 11.4. The number of hydrogen-bond donors (Lipinski definition) is 0. The molecular formula is C16H14Br2O2. The van der Waals surface area contributed by atoms with Crippen LogP contribution in [0.25, 0.3) is 0 Å². The maximum atomic E-state index is 11.4. The lowest BCUT2D eigenvalue weighted by Gasteiger charge is -1.92. The normalized spacial score (nSPS) is 12.8. The summed E-state index contributed by atoms with van der Waals surface area (Å²) in [5, 5.41) is 0.331. The molecule has 0 unspecified atom stereocenters. The van der Waals surface area contributed by atoms with E-state index in [9.17, 15) is 9.59 Å². The molecule has 0 fully saturated rings. The number of carbonyl (C=O) groups excluding carboxylic acids is 2. The number of Topliss-reactive ketones (excluding diaryl/α,β-unsaturated/α-hetero) is 2. The van der Waals surface area contributed by atoms with Gasteiger partial charge < -0.3 is 0 Å². The van der Waals surface area contributed by atoms with Crippen molar-refractivity contribution in [1.29, 1.82) is 0 Å². The second-order valence-corrected chi connectivity index (χ2v) is 4.60. The van der Waals surface area contributed by atoms with E-state index in [2.05, 4.69) is 31.9 Å². The number of alkyl halides is 2. The van der Waals surface area contributed by atoms with E-state index in [0.29, 0.717) is 5.33 Å². The Bertz CT molecular complexity index is 753. The zero-order chi connectivity index (χ0) is 19.1. The third-order valence-electron chi connectivity index (χ3n) is 2.12. The summed E-state index contributed by atoms with van der Waals surface area (Å²) in [6.07, 6.45) is 0. The monoisotopic (exact) mass is 401 g/mol. The fraction of sp³-hybridized carbons (Fsp3) is 0.125. The van der Waals surface area contributed by atoms with Crippen LogP contribution in [0, 0.1) is 0 Å². The highest BCUT2D eigenvalue weighted by molar-refractivity contribution is 9.09. The van der Waals surface area contributed by atoms with Crippen molar-refractivity contribution in [3.05, 3.63) is 71.7 Å². The number of carbonyl (C=O) groups is 2. The standard InChI is InChI=1S/2C8H7BrO/c2*9-6-8(10)7-4-2-1-3-5-7/h2*1-5H,6H2/i1D,2D,3D,4D,5D;. The Morgan fingerprint density at radius 3 is 1.85 bits per heavy atom. The maximum Gasteiger partial charge on any atom is 0.173 e. The van der Waals surface area contributed by atoms with E-state index < -0.39 is 36.0 Å². The highest BCUT2D eigenvalue weighted by atomic mass is 79.9. The first kappa shape index (κ1) is 10.5. The first-order valence-electron chi connectivity index (χ1n) is 8.06. The molecule has 0 aromatic heterocycles. The Morgan fingerprint density at radius 1 is 0.850 bits per heavy atom. The number of ketones is 2. The first-order chi connectivity index (χ1) is 11.8. The molecule has 0 spiro atoms. The van der Waals surface area contributed by atoms with Crippen molar-refractivity contribution in [3.8, 4) is 0 Å². The third kappa shape index (κ3) is 5.80. The molecule has 0 aliphatic heterocycles. The Kier molecular flexibility index (Phi) is 5.03. The first-order valence-corrected chi connectivity index (χ1v) is 7.80. The van der Waals surface area contributed by atoms with Crippen LogP contribution in [0.5, 0.6) is 0 Å². The second-order valence-electron chi connectivity index (χ2n) is 3.48. The van der Waals surface area contributed by atoms with Crippen LogP contribution in [0.15, 0.2) is 60.5 Å². The van der Waals surface area contributed by atoms with Gasteiger partial charge in [-0.3, -0.25) is 9.59 Å². The van der Waals surface area contributed by atoms with Crippen LogP contribution in [-0.2, 0) is 0 Å². The quantitative estimate of drug-likeness (QED) is 0.556. The number of halogens is 2. The summed E-state index contributed by atoms with van der Waals surface area (Å²) < 4.78 is 36.9. The lowest BCUT2D eigenvalue weighted by molar-refractivity contribution is 0.101. The molecule has 0 saturated heterocycles. The molecule has 0 bridgehead atoms. The molecule has 2 aromatic carbocycles. The summed E-state index contributed by atoms with van der Waals surface area (Å²) >= 11 is 6.00. The average Bonchev–Trinajstić information content (AvgIpc) is 2.65. The molecule has 0 radical (unpaired) electrons. The molecule has 0 heterocycles. The molecule has 4 heteroatoms. The average molecular weight is 403 g/mol. The molecule has 0 aliphatic rings. The van der Waals surface area contributed by atoms with Crippen LogP contribution in [-0.4, -0.2) is 22.2 Å². The number of rotatable bonds is 4. The lowest BCUT2D eigenvalue weighted by atomic mass is 10.2. The van der Waals surface area contributed by atoms with E-state index in [1.54, 1.807) is 0 Å². The minimum atomic E-state index is -0.521. The van der Waals surface area contributed by atoms with Crippen LogP contribution in [0.2, 0.25) is 0 Å². The van der Waals surface area contributed by atoms with E-state index in [1.165, 1.54) is 0 Å². The SMILES string of the molecule is O=C(CBr)c1ccccc1.[2H]c1c([2H])c([2H])c(C(=O)CBr)c([2H])c1[2H]. The third-order valence-corrected chi connectivity index (χ3v) is 3.14. The predicted molar refractivity (Wildman–Crippen MR) is 89.1 cm³/mol. The second kappa shape index (κ2) is 9.61. The molecule has 2 rings (SSSR count). The summed E-state index contributed by atoms with van der Waals surface area (Å²) in [6.45, 7) is 0. The minimum absolute atomic E-state index is 0.0685. The van der Waals surface area contributed by atoms with Crippen molar-refractivity contribution < 1.29 is 16.4 Å². The van der Waals surface area contributed by atoms with Gasteiger partial charge in [0.25, 0.3) is 0 Å².